The second kappa shape index (κ2) is 4.81. The number of rotatable bonds is 3. The fourth-order valence-electron chi connectivity index (χ4n) is 2.31. The summed E-state index contributed by atoms with van der Waals surface area (Å²) in [5.74, 6) is 1.00. The SMILES string of the molecule is Cc1c(CN=C(N)N(C)C2CC2)oc2ccc(F)cc12. The van der Waals surface area contributed by atoms with E-state index in [0.29, 0.717) is 24.1 Å². The Hall–Kier alpha value is -2.04. The first-order chi connectivity index (χ1) is 9.56. The minimum absolute atomic E-state index is 0.260. The van der Waals surface area contributed by atoms with Crippen LogP contribution in [0, 0.1) is 12.7 Å². The number of hydrogen-bond acceptors (Lipinski definition) is 2. The molecule has 106 valence electrons. The van der Waals surface area contributed by atoms with Gasteiger partial charge in [-0.05, 0) is 38.0 Å². The van der Waals surface area contributed by atoms with E-state index in [-0.39, 0.29) is 5.82 Å². The van der Waals surface area contributed by atoms with Crippen molar-refractivity contribution >= 4 is 16.9 Å². The molecule has 1 aliphatic carbocycles. The van der Waals surface area contributed by atoms with E-state index in [1.54, 1.807) is 6.07 Å². The van der Waals surface area contributed by atoms with Crippen LogP contribution in [-0.4, -0.2) is 23.9 Å². The number of nitrogens with two attached hydrogens (primary N) is 1. The number of fused-ring (bicyclic) bond motifs is 1. The van der Waals surface area contributed by atoms with Crippen molar-refractivity contribution in [1.82, 2.24) is 4.90 Å². The number of aliphatic imine (C=N–C) groups is 1. The Bertz CT molecular complexity index is 673. The van der Waals surface area contributed by atoms with Crippen LogP contribution < -0.4 is 5.73 Å². The minimum Gasteiger partial charge on any atom is -0.459 e. The zero-order chi connectivity index (χ0) is 14.3. The number of benzene rings is 1. The van der Waals surface area contributed by atoms with E-state index >= 15 is 0 Å². The van der Waals surface area contributed by atoms with E-state index in [0.717, 1.165) is 16.7 Å². The highest BCUT2D eigenvalue weighted by atomic mass is 19.1. The number of guanidine groups is 1. The minimum atomic E-state index is -0.260. The molecule has 0 unspecified atom stereocenters. The molecule has 1 fully saturated rings. The molecule has 0 bridgehead atoms. The van der Waals surface area contributed by atoms with Crippen LogP contribution in [0.1, 0.15) is 24.2 Å². The number of nitrogens with zero attached hydrogens (tertiary/aromatic N) is 2. The average Bonchev–Trinajstić information content (AvgIpc) is 3.23. The summed E-state index contributed by atoms with van der Waals surface area (Å²) in [5, 5.41) is 0.796. The fourth-order valence-corrected chi connectivity index (χ4v) is 2.31. The quantitative estimate of drug-likeness (QED) is 0.692. The second-order valence-corrected chi connectivity index (χ2v) is 5.31. The van der Waals surface area contributed by atoms with Gasteiger partial charge in [0.2, 0.25) is 0 Å². The molecule has 1 saturated carbocycles. The van der Waals surface area contributed by atoms with E-state index in [1.807, 2.05) is 18.9 Å². The molecular formula is C15H18FN3O. The Morgan fingerprint density at radius 1 is 1.50 bits per heavy atom. The molecular weight excluding hydrogens is 257 g/mol. The highest BCUT2D eigenvalue weighted by molar-refractivity contribution is 5.82. The maximum Gasteiger partial charge on any atom is 0.191 e. The number of halogens is 1. The Kier molecular flexibility index (Phi) is 3.12. The second-order valence-electron chi connectivity index (χ2n) is 5.31. The number of hydrogen-bond donors (Lipinski definition) is 1. The van der Waals surface area contributed by atoms with Crippen LogP contribution in [0.2, 0.25) is 0 Å². The van der Waals surface area contributed by atoms with Crippen LogP contribution >= 0.6 is 0 Å². The summed E-state index contributed by atoms with van der Waals surface area (Å²) in [6.07, 6.45) is 2.35. The molecule has 0 aliphatic heterocycles. The van der Waals surface area contributed by atoms with E-state index < -0.39 is 0 Å². The molecule has 1 aliphatic rings. The van der Waals surface area contributed by atoms with Gasteiger partial charge >= 0.3 is 0 Å². The van der Waals surface area contributed by atoms with Gasteiger partial charge in [-0.15, -0.1) is 0 Å². The van der Waals surface area contributed by atoms with E-state index in [1.165, 1.54) is 25.0 Å². The van der Waals surface area contributed by atoms with Crippen LogP contribution in [0.15, 0.2) is 27.6 Å². The van der Waals surface area contributed by atoms with Gasteiger partial charge in [-0.25, -0.2) is 9.38 Å². The van der Waals surface area contributed by atoms with Gasteiger partial charge in [-0.2, -0.15) is 0 Å². The number of aryl methyl sites for hydroxylation is 1. The Balaban J connectivity index is 1.83. The molecule has 3 rings (SSSR count). The summed E-state index contributed by atoms with van der Waals surface area (Å²) in [7, 11) is 1.96. The lowest BCUT2D eigenvalue weighted by Gasteiger charge is -2.16. The molecule has 4 nitrogen and oxygen atoms in total. The van der Waals surface area contributed by atoms with Gasteiger partial charge in [0.05, 0.1) is 0 Å². The van der Waals surface area contributed by atoms with Crippen molar-refractivity contribution in [3.8, 4) is 0 Å². The lowest BCUT2D eigenvalue weighted by Crippen LogP contribution is -2.35. The molecule has 1 aromatic heterocycles. The Morgan fingerprint density at radius 3 is 2.95 bits per heavy atom. The lowest BCUT2D eigenvalue weighted by atomic mass is 10.1. The van der Waals surface area contributed by atoms with Crippen LogP contribution in [0.4, 0.5) is 4.39 Å². The first-order valence-electron chi connectivity index (χ1n) is 6.76. The zero-order valence-electron chi connectivity index (χ0n) is 11.7. The Labute approximate surface area is 117 Å². The zero-order valence-corrected chi connectivity index (χ0v) is 11.7. The molecule has 5 heteroatoms. The molecule has 0 amide bonds. The van der Waals surface area contributed by atoms with Gasteiger partial charge in [0, 0.05) is 24.0 Å². The largest absolute Gasteiger partial charge is 0.459 e. The normalized spacial score (nSPS) is 15.8. The maximum atomic E-state index is 13.2. The predicted octanol–water partition coefficient (Wildman–Crippen LogP) is 2.79. The van der Waals surface area contributed by atoms with Gasteiger partial charge in [-0.3, -0.25) is 0 Å². The summed E-state index contributed by atoms with van der Waals surface area (Å²) < 4.78 is 19.0. The summed E-state index contributed by atoms with van der Waals surface area (Å²) in [6, 6.07) is 5.06. The van der Waals surface area contributed by atoms with Crippen molar-refractivity contribution in [3.63, 3.8) is 0 Å². The van der Waals surface area contributed by atoms with Gasteiger partial charge in [0.1, 0.15) is 23.7 Å². The summed E-state index contributed by atoms with van der Waals surface area (Å²) in [4.78, 5) is 6.36. The van der Waals surface area contributed by atoms with Crippen LogP contribution in [0.5, 0.6) is 0 Å². The third-order valence-electron chi connectivity index (χ3n) is 3.84. The van der Waals surface area contributed by atoms with Crippen molar-refractivity contribution in [2.75, 3.05) is 7.05 Å². The first-order valence-corrected chi connectivity index (χ1v) is 6.76. The molecule has 20 heavy (non-hydrogen) atoms. The molecule has 0 spiro atoms. The monoisotopic (exact) mass is 275 g/mol. The van der Waals surface area contributed by atoms with Crippen LogP contribution in [0.25, 0.3) is 11.0 Å². The summed E-state index contributed by atoms with van der Waals surface area (Å²) >= 11 is 0. The molecule has 0 saturated heterocycles. The van der Waals surface area contributed by atoms with Gasteiger partial charge in [0.15, 0.2) is 5.96 Å². The molecule has 2 aromatic rings. The molecule has 0 radical (unpaired) electrons. The maximum absolute atomic E-state index is 13.2. The van der Waals surface area contributed by atoms with Crippen molar-refractivity contribution in [2.45, 2.75) is 32.4 Å². The van der Waals surface area contributed by atoms with Crippen molar-refractivity contribution in [2.24, 2.45) is 10.7 Å². The van der Waals surface area contributed by atoms with Crippen molar-refractivity contribution in [3.05, 3.63) is 35.3 Å². The Morgan fingerprint density at radius 2 is 2.25 bits per heavy atom. The summed E-state index contributed by atoms with van der Waals surface area (Å²) in [6.45, 7) is 2.29. The van der Waals surface area contributed by atoms with Gasteiger partial charge in [0.25, 0.3) is 0 Å². The van der Waals surface area contributed by atoms with Crippen LogP contribution in [0.3, 0.4) is 0 Å². The van der Waals surface area contributed by atoms with E-state index in [2.05, 4.69) is 4.99 Å². The van der Waals surface area contributed by atoms with Crippen LogP contribution in [-0.2, 0) is 6.54 Å². The topological polar surface area (TPSA) is 54.8 Å². The van der Waals surface area contributed by atoms with Gasteiger partial charge < -0.3 is 15.1 Å². The summed E-state index contributed by atoms with van der Waals surface area (Å²) in [5.41, 5.74) is 7.55. The van der Waals surface area contributed by atoms with Gasteiger partial charge in [-0.1, -0.05) is 0 Å². The van der Waals surface area contributed by atoms with E-state index in [4.69, 9.17) is 10.2 Å². The molecule has 0 atom stereocenters. The average molecular weight is 275 g/mol. The highest BCUT2D eigenvalue weighted by Gasteiger charge is 2.27. The standard InChI is InChI=1S/C15H18FN3O/c1-9-12-7-10(16)3-6-13(12)20-14(9)8-18-15(17)19(2)11-4-5-11/h3,6-7,11H,4-5,8H2,1-2H3,(H2,17,18). The predicted molar refractivity (Wildman–Crippen MR) is 77.0 cm³/mol. The third-order valence-corrected chi connectivity index (χ3v) is 3.84. The lowest BCUT2D eigenvalue weighted by molar-refractivity contribution is 0.483. The third kappa shape index (κ3) is 2.35. The molecule has 1 aromatic carbocycles. The smallest absolute Gasteiger partial charge is 0.191 e. The van der Waals surface area contributed by atoms with E-state index in [9.17, 15) is 4.39 Å². The van der Waals surface area contributed by atoms with Crippen molar-refractivity contribution in [1.29, 1.82) is 0 Å². The fraction of sp³-hybridized carbons (Fsp3) is 0.400. The first kappa shape index (κ1) is 13.0. The molecule has 1 heterocycles. The molecule has 2 N–H and O–H groups in total. The number of furan rings is 1. The highest BCUT2D eigenvalue weighted by Crippen LogP contribution is 2.27. The van der Waals surface area contributed by atoms with Crippen molar-refractivity contribution < 1.29 is 8.81 Å².